The molecule has 5 heteroatoms. The van der Waals surface area contributed by atoms with Crippen LogP contribution in [0, 0.1) is 0 Å². The molecule has 0 amide bonds. The third-order valence-electron chi connectivity index (χ3n) is 3.52. The lowest BCUT2D eigenvalue weighted by molar-refractivity contribution is 0.739. The fourth-order valence-corrected chi connectivity index (χ4v) is 2.74. The number of hydrogen-bond donors (Lipinski definition) is 1. The van der Waals surface area contributed by atoms with Gasteiger partial charge in [0.2, 0.25) is 0 Å². The molecule has 0 bridgehead atoms. The van der Waals surface area contributed by atoms with Crippen molar-refractivity contribution in [3.8, 4) is 0 Å². The summed E-state index contributed by atoms with van der Waals surface area (Å²) < 4.78 is 0. The minimum absolute atomic E-state index is 0.107. The molecule has 0 aromatic heterocycles. The standard InChI is InChI=1S/C16H16Cl2N2S/c1-10(11-4-3-5-12(17)8-11)20(2)15-9-13(18)6-7-14(15)16(19)21/h3-10H,1-2H3,(H2,19,21). The van der Waals surface area contributed by atoms with Crippen molar-refractivity contribution in [1.82, 2.24) is 0 Å². The second-order valence-corrected chi connectivity index (χ2v) is 6.18. The maximum absolute atomic E-state index is 6.11. The highest BCUT2D eigenvalue weighted by Crippen LogP contribution is 2.31. The normalized spacial score (nSPS) is 12.0. The highest BCUT2D eigenvalue weighted by Gasteiger charge is 2.17. The first-order valence-corrected chi connectivity index (χ1v) is 7.64. The Morgan fingerprint density at radius 2 is 1.81 bits per heavy atom. The zero-order chi connectivity index (χ0) is 15.6. The Hall–Kier alpha value is -1.29. The molecule has 0 saturated heterocycles. The third-order valence-corrected chi connectivity index (χ3v) is 4.21. The van der Waals surface area contributed by atoms with Crippen LogP contribution < -0.4 is 10.6 Å². The van der Waals surface area contributed by atoms with Gasteiger partial charge in [-0.3, -0.25) is 0 Å². The summed E-state index contributed by atoms with van der Waals surface area (Å²) in [5, 5.41) is 1.36. The molecule has 110 valence electrons. The molecular formula is C16H16Cl2N2S. The van der Waals surface area contributed by atoms with Crippen molar-refractivity contribution in [3.05, 3.63) is 63.6 Å². The summed E-state index contributed by atoms with van der Waals surface area (Å²) in [5.74, 6) is 0. The number of rotatable bonds is 4. The quantitative estimate of drug-likeness (QED) is 0.810. The molecule has 0 aliphatic carbocycles. The van der Waals surface area contributed by atoms with Crippen LogP contribution in [0.25, 0.3) is 0 Å². The lowest BCUT2D eigenvalue weighted by Crippen LogP contribution is -2.25. The molecule has 1 atom stereocenters. The minimum Gasteiger partial charge on any atom is -0.389 e. The van der Waals surface area contributed by atoms with Crippen LogP contribution in [-0.4, -0.2) is 12.0 Å². The van der Waals surface area contributed by atoms with Gasteiger partial charge in [0.15, 0.2) is 0 Å². The van der Waals surface area contributed by atoms with Crippen molar-refractivity contribution in [3.63, 3.8) is 0 Å². The molecule has 0 radical (unpaired) electrons. The molecule has 0 heterocycles. The van der Waals surface area contributed by atoms with Crippen molar-refractivity contribution in [2.75, 3.05) is 11.9 Å². The summed E-state index contributed by atoms with van der Waals surface area (Å²) in [7, 11) is 1.99. The van der Waals surface area contributed by atoms with E-state index in [1.165, 1.54) is 0 Å². The van der Waals surface area contributed by atoms with Crippen molar-refractivity contribution < 1.29 is 0 Å². The molecule has 2 aromatic carbocycles. The van der Waals surface area contributed by atoms with Crippen molar-refractivity contribution in [2.45, 2.75) is 13.0 Å². The zero-order valence-corrected chi connectivity index (χ0v) is 14.1. The van der Waals surface area contributed by atoms with Gasteiger partial charge in [-0.15, -0.1) is 0 Å². The first-order valence-electron chi connectivity index (χ1n) is 6.48. The van der Waals surface area contributed by atoms with Gasteiger partial charge in [-0.25, -0.2) is 0 Å². The lowest BCUT2D eigenvalue weighted by Gasteiger charge is -2.29. The Labute approximate surface area is 140 Å². The van der Waals surface area contributed by atoms with E-state index in [1.807, 2.05) is 43.4 Å². The first-order chi connectivity index (χ1) is 9.90. The lowest BCUT2D eigenvalue weighted by atomic mass is 10.0. The Morgan fingerprint density at radius 3 is 2.43 bits per heavy atom. The van der Waals surface area contributed by atoms with Gasteiger partial charge in [0, 0.05) is 28.3 Å². The molecule has 1 unspecified atom stereocenters. The Kier molecular flexibility index (Phi) is 5.09. The molecule has 21 heavy (non-hydrogen) atoms. The molecule has 0 saturated carbocycles. The zero-order valence-electron chi connectivity index (χ0n) is 11.8. The van der Waals surface area contributed by atoms with Crippen molar-refractivity contribution in [1.29, 1.82) is 0 Å². The predicted molar refractivity (Wildman–Crippen MR) is 95.6 cm³/mol. The van der Waals surface area contributed by atoms with E-state index in [4.69, 9.17) is 41.2 Å². The molecule has 2 N–H and O–H groups in total. The van der Waals surface area contributed by atoms with Gasteiger partial charge in [-0.05, 0) is 42.8 Å². The Morgan fingerprint density at radius 1 is 1.14 bits per heavy atom. The maximum Gasteiger partial charge on any atom is 0.106 e. The van der Waals surface area contributed by atoms with Crippen LogP contribution in [0.1, 0.15) is 24.1 Å². The van der Waals surface area contributed by atoms with Gasteiger partial charge in [0.1, 0.15) is 4.99 Å². The first kappa shape index (κ1) is 16.1. The van der Waals surface area contributed by atoms with E-state index in [2.05, 4.69) is 11.8 Å². The average Bonchev–Trinajstić information content (AvgIpc) is 2.45. The molecular weight excluding hydrogens is 323 g/mol. The topological polar surface area (TPSA) is 29.3 Å². The second-order valence-electron chi connectivity index (χ2n) is 4.87. The predicted octanol–water partition coefficient (Wildman–Crippen LogP) is 4.83. The van der Waals surface area contributed by atoms with E-state index in [0.717, 1.165) is 16.8 Å². The fraction of sp³-hybridized carbons (Fsp3) is 0.188. The average molecular weight is 339 g/mol. The summed E-state index contributed by atoms with van der Waals surface area (Å²) in [6, 6.07) is 13.4. The number of hydrogen-bond acceptors (Lipinski definition) is 2. The van der Waals surface area contributed by atoms with Crippen LogP contribution in [0.5, 0.6) is 0 Å². The summed E-state index contributed by atoms with van der Waals surface area (Å²) in [6.07, 6.45) is 0. The summed E-state index contributed by atoms with van der Waals surface area (Å²) in [5.41, 5.74) is 8.63. The molecule has 0 fully saturated rings. The highest BCUT2D eigenvalue weighted by molar-refractivity contribution is 7.80. The number of nitrogens with two attached hydrogens (primary N) is 1. The van der Waals surface area contributed by atoms with E-state index in [-0.39, 0.29) is 6.04 Å². The smallest absolute Gasteiger partial charge is 0.106 e. The van der Waals surface area contributed by atoms with E-state index < -0.39 is 0 Å². The third kappa shape index (κ3) is 3.67. The Balaban J connectivity index is 2.41. The number of benzene rings is 2. The van der Waals surface area contributed by atoms with Crippen LogP contribution in [-0.2, 0) is 0 Å². The monoisotopic (exact) mass is 338 g/mol. The van der Waals surface area contributed by atoms with Gasteiger partial charge in [-0.1, -0.05) is 47.6 Å². The molecule has 0 aliphatic rings. The summed E-state index contributed by atoms with van der Waals surface area (Å²) >= 11 is 17.3. The number of anilines is 1. The van der Waals surface area contributed by atoms with E-state index in [9.17, 15) is 0 Å². The molecule has 0 spiro atoms. The van der Waals surface area contributed by atoms with Gasteiger partial charge in [0.05, 0.1) is 6.04 Å². The number of nitrogens with zero attached hydrogens (tertiary/aromatic N) is 1. The number of thiocarbonyl (C=S) groups is 1. The Bertz CT molecular complexity index is 673. The largest absolute Gasteiger partial charge is 0.389 e. The van der Waals surface area contributed by atoms with E-state index >= 15 is 0 Å². The minimum atomic E-state index is 0.107. The summed E-state index contributed by atoms with van der Waals surface area (Å²) in [6.45, 7) is 2.09. The SMILES string of the molecule is CC(c1cccc(Cl)c1)N(C)c1cc(Cl)ccc1C(N)=S. The van der Waals surface area contributed by atoms with Gasteiger partial charge in [-0.2, -0.15) is 0 Å². The van der Waals surface area contributed by atoms with Crippen LogP contribution in [0.3, 0.4) is 0 Å². The second kappa shape index (κ2) is 6.65. The van der Waals surface area contributed by atoms with E-state index in [0.29, 0.717) is 15.0 Å². The van der Waals surface area contributed by atoms with Crippen molar-refractivity contribution in [2.24, 2.45) is 5.73 Å². The fourth-order valence-electron chi connectivity index (χ4n) is 2.20. The number of halogens is 2. The van der Waals surface area contributed by atoms with Crippen LogP contribution in [0.2, 0.25) is 10.0 Å². The molecule has 2 aromatic rings. The maximum atomic E-state index is 6.11. The van der Waals surface area contributed by atoms with Crippen LogP contribution in [0.4, 0.5) is 5.69 Å². The highest BCUT2D eigenvalue weighted by atomic mass is 35.5. The van der Waals surface area contributed by atoms with Crippen LogP contribution in [0.15, 0.2) is 42.5 Å². The van der Waals surface area contributed by atoms with Gasteiger partial charge in [0.25, 0.3) is 0 Å². The van der Waals surface area contributed by atoms with E-state index in [1.54, 1.807) is 6.07 Å². The van der Waals surface area contributed by atoms with Crippen molar-refractivity contribution >= 4 is 46.1 Å². The van der Waals surface area contributed by atoms with Gasteiger partial charge < -0.3 is 10.6 Å². The van der Waals surface area contributed by atoms with Crippen LogP contribution >= 0.6 is 35.4 Å². The van der Waals surface area contributed by atoms with Gasteiger partial charge >= 0.3 is 0 Å². The molecule has 2 rings (SSSR count). The molecule has 2 nitrogen and oxygen atoms in total. The summed E-state index contributed by atoms with van der Waals surface area (Å²) in [4.78, 5) is 2.44. The molecule has 0 aliphatic heterocycles.